The summed E-state index contributed by atoms with van der Waals surface area (Å²) in [5, 5.41) is 12.0. The third-order valence-corrected chi connectivity index (χ3v) is 6.00. The molecule has 5 heteroatoms. The van der Waals surface area contributed by atoms with Crippen LogP contribution in [0, 0.1) is 5.41 Å². The van der Waals surface area contributed by atoms with E-state index in [4.69, 9.17) is 0 Å². The van der Waals surface area contributed by atoms with Gasteiger partial charge < -0.3 is 5.32 Å². The molecule has 1 aliphatic carbocycles. The van der Waals surface area contributed by atoms with Crippen LogP contribution >= 0.6 is 15.9 Å². The third kappa shape index (κ3) is 1.94. The Morgan fingerprint density at radius 1 is 1.33 bits per heavy atom. The maximum absolute atomic E-state index is 13.3. The summed E-state index contributed by atoms with van der Waals surface area (Å²) in [6, 6.07) is 8.29. The first kappa shape index (κ1) is 15.8. The number of carbonyl (C=O) groups is 1. The van der Waals surface area contributed by atoms with E-state index in [1.54, 1.807) is 0 Å². The summed E-state index contributed by atoms with van der Waals surface area (Å²) >= 11 is 3.59. The topological polar surface area (TPSA) is 53.8 Å². The SMILES string of the molecule is CCC1(c2cccc(Br)c2)C2=C(N=NC2)NC2=C1C(=O)C(C)(C)C2. The Kier molecular flexibility index (Phi) is 3.36. The Labute approximate surface area is 150 Å². The zero-order valence-electron chi connectivity index (χ0n) is 14.1. The molecule has 1 unspecified atom stereocenters. The monoisotopic (exact) mass is 385 g/mol. The number of dihydropyridines is 1. The van der Waals surface area contributed by atoms with Crippen molar-refractivity contribution in [2.75, 3.05) is 6.54 Å². The molecule has 0 bridgehead atoms. The van der Waals surface area contributed by atoms with Crippen molar-refractivity contribution < 1.29 is 4.79 Å². The second kappa shape index (κ2) is 5.12. The van der Waals surface area contributed by atoms with Gasteiger partial charge in [0.25, 0.3) is 0 Å². The molecule has 3 aliphatic rings. The highest BCUT2D eigenvalue weighted by atomic mass is 79.9. The van der Waals surface area contributed by atoms with Gasteiger partial charge >= 0.3 is 0 Å². The van der Waals surface area contributed by atoms with E-state index in [9.17, 15) is 4.79 Å². The van der Waals surface area contributed by atoms with Gasteiger partial charge in [0.1, 0.15) is 0 Å². The van der Waals surface area contributed by atoms with Crippen molar-refractivity contribution in [2.24, 2.45) is 15.6 Å². The van der Waals surface area contributed by atoms with Crippen LogP contribution in [0.25, 0.3) is 0 Å². The van der Waals surface area contributed by atoms with Gasteiger partial charge in [0.05, 0.1) is 12.0 Å². The van der Waals surface area contributed by atoms with Crippen LogP contribution in [0.1, 0.15) is 39.2 Å². The predicted octanol–water partition coefficient (Wildman–Crippen LogP) is 4.63. The number of nitrogens with one attached hydrogen (secondary N) is 1. The van der Waals surface area contributed by atoms with Crippen LogP contribution in [-0.4, -0.2) is 12.3 Å². The number of allylic oxidation sites excluding steroid dienone is 2. The van der Waals surface area contributed by atoms with E-state index in [0.717, 1.165) is 45.5 Å². The highest BCUT2D eigenvalue weighted by molar-refractivity contribution is 9.10. The van der Waals surface area contributed by atoms with Crippen molar-refractivity contribution in [3.05, 3.63) is 57.0 Å². The Hall–Kier alpha value is -1.75. The molecule has 0 amide bonds. The normalized spacial score (nSPS) is 27.4. The first-order valence-electron chi connectivity index (χ1n) is 8.33. The van der Waals surface area contributed by atoms with Gasteiger partial charge in [0.15, 0.2) is 11.6 Å². The number of rotatable bonds is 2. The van der Waals surface area contributed by atoms with Crippen LogP contribution in [0.4, 0.5) is 0 Å². The Bertz CT molecular complexity index is 850. The van der Waals surface area contributed by atoms with E-state index in [1.165, 1.54) is 0 Å². The zero-order valence-corrected chi connectivity index (χ0v) is 15.7. The van der Waals surface area contributed by atoms with Crippen molar-refractivity contribution in [2.45, 2.75) is 39.0 Å². The number of carbonyl (C=O) groups excluding carboxylic acids is 1. The van der Waals surface area contributed by atoms with Crippen LogP contribution < -0.4 is 5.32 Å². The minimum absolute atomic E-state index is 0.241. The van der Waals surface area contributed by atoms with Gasteiger partial charge in [-0.2, -0.15) is 5.11 Å². The van der Waals surface area contributed by atoms with E-state index in [1.807, 2.05) is 26.0 Å². The minimum atomic E-state index is -0.436. The standard InChI is InChI=1S/C19H20BrN3O/c1-4-19(11-6-5-7-12(20)8-11)13-10-21-23-17(13)22-14-9-18(2,3)16(24)15(14)19/h5-8,22H,4,9-10H2,1-3H3. The summed E-state index contributed by atoms with van der Waals surface area (Å²) in [6.07, 6.45) is 1.54. The number of hydrogen-bond donors (Lipinski definition) is 1. The van der Waals surface area contributed by atoms with Gasteiger partial charge in [0, 0.05) is 33.2 Å². The van der Waals surface area contributed by atoms with Crippen LogP contribution in [0.5, 0.6) is 0 Å². The Morgan fingerprint density at radius 3 is 2.83 bits per heavy atom. The van der Waals surface area contributed by atoms with E-state index in [-0.39, 0.29) is 11.2 Å². The molecule has 2 heterocycles. The highest BCUT2D eigenvalue weighted by Crippen LogP contribution is 2.55. The lowest BCUT2D eigenvalue weighted by molar-refractivity contribution is -0.122. The largest absolute Gasteiger partial charge is 0.342 e. The van der Waals surface area contributed by atoms with Crippen LogP contribution in [0.3, 0.4) is 0 Å². The summed E-state index contributed by atoms with van der Waals surface area (Å²) in [4.78, 5) is 13.3. The molecule has 1 aromatic carbocycles. The number of hydrogen-bond acceptors (Lipinski definition) is 4. The van der Waals surface area contributed by atoms with Crippen LogP contribution in [0.15, 0.2) is 61.6 Å². The number of Topliss-reactive ketones (excluding diaryl/α,β-unsaturated/α-hetero) is 1. The van der Waals surface area contributed by atoms with Gasteiger partial charge in [-0.15, -0.1) is 5.11 Å². The molecule has 2 aliphatic heterocycles. The fourth-order valence-electron chi connectivity index (χ4n) is 4.35. The summed E-state index contributed by atoms with van der Waals surface area (Å²) in [7, 11) is 0. The van der Waals surface area contributed by atoms with Crippen molar-refractivity contribution >= 4 is 21.7 Å². The molecule has 0 aromatic heterocycles. The molecular weight excluding hydrogens is 366 g/mol. The molecule has 124 valence electrons. The molecule has 4 nitrogen and oxygen atoms in total. The van der Waals surface area contributed by atoms with Gasteiger partial charge in [-0.1, -0.05) is 48.8 Å². The Morgan fingerprint density at radius 2 is 2.12 bits per heavy atom. The fourth-order valence-corrected chi connectivity index (χ4v) is 4.75. The minimum Gasteiger partial charge on any atom is -0.342 e. The molecule has 0 saturated carbocycles. The molecule has 24 heavy (non-hydrogen) atoms. The van der Waals surface area contributed by atoms with E-state index < -0.39 is 5.41 Å². The molecule has 0 fully saturated rings. The average Bonchev–Trinajstić information content (AvgIpc) is 3.09. The van der Waals surface area contributed by atoms with Gasteiger partial charge in [-0.3, -0.25) is 4.79 Å². The lowest BCUT2D eigenvalue weighted by Crippen LogP contribution is -2.41. The number of ketones is 1. The second-order valence-corrected chi connectivity index (χ2v) is 8.28. The summed E-state index contributed by atoms with van der Waals surface area (Å²) in [5.41, 5.74) is 3.38. The van der Waals surface area contributed by atoms with Gasteiger partial charge in [-0.25, -0.2) is 0 Å². The van der Waals surface area contributed by atoms with Crippen molar-refractivity contribution in [3.63, 3.8) is 0 Å². The van der Waals surface area contributed by atoms with E-state index in [2.05, 4.69) is 50.5 Å². The maximum atomic E-state index is 13.3. The van der Waals surface area contributed by atoms with E-state index >= 15 is 0 Å². The number of halogens is 1. The van der Waals surface area contributed by atoms with Crippen LogP contribution in [0.2, 0.25) is 0 Å². The van der Waals surface area contributed by atoms with Gasteiger partial charge in [0.2, 0.25) is 0 Å². The average molecular weight is 386 g/mol. The van der Waals surface area contributed by atoms with Crippen molar-refractivity contribution in [1.29, 1.82) is 0 Å². The lowest BCUT2D eigenvalue weighted by Gasteiger charge is -2.39. The third-order valence-electron chi connectivity index (χ3n) is 5.51. The zero-order chi connectivity index (χ0) is 17.1. The molecule has 0 spiro atoms. The van der Waals surface area contributed by atoms with Gasteiger partial charge in [-0.05, 0) is 24.1 Å². The second-order valence-electron chi connectivity index (χ2n) is 7.36. The maximum Gasteiger partial charge on any atom is 0.167 e. The summed E-state index contributed by atoms with van der Waals surface area (Å²) in [5.74, 6) is 1.08. The fraction of sp³-hybridized carbons (Fsp3) is 0.421. The molecular formula is C19H20BrN3O. The smallest absolute Gasteiger partial charge is 0.167 e. The van der Waals surface area contributed by atoms with Crippen LogP contribution in [-0.2, 0) is 10.2 Å². The molecule has 4 rings (SSSR count). The highest BCUT2D eigenvalue weighted by Gasteiger charge is 2.54. The molecule has 0 saturated heterocycles. The molecule has 1 atom stereocenters. The molecule has 1 N–H and O–H groups in total. The first-order valence-corrected chi connectivity index (χ1v) is 9.12. The lowest BCUT2D eigenvalue weighted by atomic mass is 9.64. The quantitative estimate of drug-likeness (QED) is 0.806. The van der Waals surface area contributed by atoms with Crippen molar-refractivity contribution in [3.8, 4) is 0 Å². The first-order chi connectivity index (χ1) is 11.4. The number of benzene rings is 1. The van der Waals surface area contributed by atoms with E-state index in [0.29, 0.717) is 6.54 Å². The number of azo groups is 1. The molecule has 0 radical (unpaired) electrons. The summed E-state index contributed by atoms with van der Waals surface area (Å²) in [6.45, 7) is 6.76. The van der Waals surface area contributed by atoms with Crippen molar-refractivity contribution in [1.82, 2.24) is 5.32 Å². The summed E-state index contributed by atoms with van der Waals surface area (Å²) < 4.78 is 1.02. The molecule has 1 aromatic rings. The number of nitrogens with zero attached hydrogens (tertiary/aromatic N) is 2. The predicted molar refractivity (Wildman–Crippen MR) is 96.4 cm³/mol. The Balaban J connectivity index is 2.00.